The van der Waals surface area contributed by atoms with Crippen LogP contribution >= 0.6 is 0 Å². The zero-order chi connectivity index (χ0) is 13.4. The standard InChI is InChI=1S/C13H17N3O2/c1-8(15(2)3)7-16-12(17)10-5-4-9(14)6-11(10)13(16)18/h4-6,8H,7,14H2,1-3H3. The molecule has 2 amide bonds. The Balaban J connectivity index is 2.29. The predicted octanol–water partition coefficient (Wildman–Crippen LogP) is 0.815. The Morgan fingerprint density at radius 1 is 1.22 bits per heavy atom. The van der Waals surface area contributed by atoms with Gasteiger partial charge in [-0.25, -0.2) is 0 Å². The van der Waals surface area contributed by atoms with Gasteiger partial charge in [-0.2, -0.15) is 0 Å². The van der Waals surface area contributed by atoms with Gasteiger partial charge in [0.25, 0.3) is 11.8 Å². The highest BCUT2D eigenvalue weighted by Crippen LogP contribution is 2.25. The number of carbonyl (C=O) groups is 2. The highest BCUT2D eigenvalue weighted by Gasteiger charge is 2.36. The van der Waals surface area contributed by atoms with Gasteiger partial charge in [-0.3, -0.25) is 14.5 Å². The Morgan fingerprint density at radius 2 is 1.83 bits per heavy atom. The molecule has 2 rings (SSSR count). The van der Waals surface area contributed by atoms with E-state index in [2.05, 4.69) is 0 Å². The summed E-state index contributed by atoms with van der Waals surface area (Å²) in [5.41, 5.74) is 6.99. The van der Waals surface area contributed by atoms with Gasteiger partial charge < -0.3 is 10.6 Å². The molecule has 0 aliphatic carbocycles. The lowest BCUT2D eigenvalue weighted by Gasteiger charge is -2.24. The van der Waals surface area contributed by atoms with Gasteiger partial charge in [-0.15, -0.1) is 0 Å². The van der Waals surface area contributed by atoms with Crippen LogP contribution in [-0.2, 0) is 0 Å². The molecule has 1 aromatic carbocycles. The zero-order valence-electron chi connectivity index (χ0n) is 10.8. The number of amides is 2. The molecule has 1 aromatic rings. The molecule has 96 valence electrons. The van der Waals surface area contributed by atoms with Crippen molar-refractivity contribution in [3.05, 3.63) is 29.3 Å². The second kappa shape index (κ2) is 4.42. The molecule has 0 saturated heterocycles. The van der Waals surface area contributed by atoms with Gasteiger partial charge in [0.05, 0.1) is 11.1 Å². The van der Waals surface area contributed by atoms with Crippen molar-refractivity contribution >= 4 is 17.5 Å². The summed E-state index contributed by atoms with van der Waals surface area (Å²) in [4.78, 5) is 27.5. The Morgan fingerprint density at radius 3 is 2.44 bits per heavy atom. The molecule has 1 heterocycles. The van der Waals surface area contributed by atoms with E-state index in [4.69, 9.17) is 5.73 Å². The maximum absolute atomic E-state index is 12.1. The number of rotatable bonds is 3. The number of benzene rings is 1. The second-order valence-corrected chi connectivity index (χ2v) is 4.84. The molecule has 18 heavy (non-hydrogen) atoms. The Labute approximate surface area is 106 Å². The molecular weight excluding hydrogens is 230 g/mol. The van der Waals surface area contributed by atoms with Crippen LogP contribution in [0, 0.1) is 0 Å². The molecule has 1 atom stereocenters. The third-order valence-electron chi connectivity index (χ3n) is 3.32. The number of nitrogen functional groups attached to an aromatic ring is 1. The molecule has 0 radical (unpaired) electrons. The summed E-state index contributed by atoms with van der Waals surface area (Å²) in [6, 6.07) is 4.94. The van der Waals surface area contributed by atoms with E-state index < -0.39 is 0 Å². The summed E-state index contributed by atoms with van der Waals surface area (Å²) < 4.78 is 0. The molecule has 0 aromatic heterocycles. The van der Waals surface area contributed by atoms with Crippen molar-refractivity contribution in [2.75, 3.05) is 26.4 Å². The predicted molar refractivity (Wildman–Crippen MR) is 69.4 cm³/mol. The number of hydrogen-bond donors (Lipinski definition) is 1. The van der Waals surface area contributed by atoms with Gasteiger partial charge in [-0.1, -0.05) is 0 Å². The number of fused-ring (bicyclic) bond motifs is 1. The fourth-order valence-corrected chi connectivity index (χ4v) is 1.90. The number of nitrogens with zero attached hydrogens (tertiary/aromatic N) is 2. The normalized spacial score (nSPS) is 16.3. The fourth-order valence-electron chi connectivity index (χ4n) is 1.90. The van der Waals surface area contributed by atoms with Crippen LogP contribution in [-0.4, -0.2) is 48.3 Å². The third-order valence-corrected chi connectivity index (χ3v) is 3.32. The van der Waals surface area contributed by atoms with Gasteiger partial charge in [0, 0.05) is 18.3 Å². The SMILES string of the molecule is CC(CN1C(=O)c2ccc(N)cc2C1=O)N(C)C. The summed E-state index contributed by atoms with van der Waals surface area (Å²) in [5, 5.41) is 0. The van der Waals surface area contributed by atoms with Crippen LogP contribution in [0.15, 0.2) is 18.2 Å². The molecule has 0 fully saturated rings. The van der Waals surface area contributed by atoms with Crippen LogP contribution in [0.5, 0.6) is 0 Å². The molecule has 0 saturated carbocycles. The van der Waals surface area contributed by atoms with E-state index in [1.807, 2.05) is 25.9 Å². The van der Waals surface area contributed by atoms with Crippen LogP contribution in [0.25, 0.3) is 0 Å². The molecule has 5 heteroatoms. The van der Waals surface area contributed by atoms with Crippen molar-refractivity contribution in [2.45, 2.75) is 13.0 Å². The van der Waals surface area contributed by atoms with Gasteiger partial charge in [0.2, 0.25) is 0 Å². The van der Waals surface area contributed by atoms with E-state index in [0.717, 1.165) is 0 Å². The first-order valence-electron chi connectivity index (χ1n) is 5.84. The first kappa shape index (κ1) is 12.6. The Hall–Kier alpha value is -1.88. The maximum Gasteiger partial charge on any atom is 0.261 e. The van der Waals surface area contributed by atoms with Gasteiger partial charge in [0.1, 0.15) is 0 Å². The van der Waals surface area contributed by atoms with Crippen LogP contribution in [0.3, 0.4) is 0 Å². The molecule has 5 nitrogen and oxygen atoms in total. The first-order chi connectivity index (χ1) is 8.41. The first-order valence-corrected chi connectivity index (χ1v) is 5.84. The van der Waals surface area contributed by atoms with Crippen LogP contribution in [0.2, 0.25) is 0 Å². The van der Waals surface area contributed by atoms with Crippen LogP contribution in [0.1, 0.15) is 27.6 Å². The minimum Gasteiger partial charge on any atom is -0.399 e. The lowest BCUT2D eigenvalue weighted by atomic mass is 10.1. The average molecular weight is 247 g/mol. The van der Waals surface area contributed by atoms with Crippen LogP contribution < -0.4 is 5.73 Å². The highest BCUT2D eigenvalue weighted by molar-refractivity contribution is 6.21. The molecule has 1 aliphatic rings. The van der Waals surface area contributed by atoms with Crippen molar-refractivity contribution in [1.29, 1.82) is 0 Å². The molecular formula is C13H17N3O2. The lowest BCUT2D eigenvalue weighted by molar-refractivity contribution is 0.0618. The molecule has 1 aliphatic heterocycles. The van der Waals surface area contributed by atoms with Crippen molar-refractivity contribution < 1.29 is 9.59 Å². The monoisotopic (exact) mass is 247 g/mol. The van der Waals surface area contributed by atoms with Crippen LogP contribution in [0.4, 0.5) is 5.69 Å². The minimum absolute atomic E-state index is 0.115. The summed E-state index contributed by atoms with van der Waals surface area (Å²) in [7, 11) is 3.83. The quantitative estimate of drug-likeness (QED) is 0.634. The molecule has 0 spiro atoms. The van der Waals surface area contributed by atoms with E-state index in [0.29, 0.717) is 23.4 Å². The molecule has 2 N–H and O–H groups in total. The average Bonchev–Trinajstić information content (AvgIpc) is 2.54. The molecule has 0 bridgehead atoms. The number of anilines is 1. The number of carbonyl (C=O) groups excluding carboxylic acids is 2. The number of likely N-dealkylation sites (N-methyl/N-ethyl adjacent to an activating group) is 1. The largest absolute Gasteiger partial charge is 0.399 e. The molecule has 1 unspecified atom stereocenters. The lowest BCUT2D eigenvalue weighted by Crippen LogP contribution is -2.41. The van der Waals surface area contributed by atoms with E-state index in [1.54, 1.807) is 18.2 Å². The zero-order valence-corrected chi connectivity index (χ0v) is 10.8. The van der Waals surface area contributed by atoms with E-state index >= 15 is 0 Å². The van der Waals surface area contributed by atoms with Gasteiger partial charge >= 0.3 is 0 Å². The van der Waals surface area contributed by atoms with Gasteiger partial charge in [0.15, 0.2) is 0 Å². The summed E-state index contributed by atoms with van der Waals surface area (Å²) in [5.74, 6) is -0.486. The second-order valence-electron chi connectivity index (χ2n) is 4.84. The highest BCUT2D eigenvalue weighted by atomic mass is 16.2. The van der Waals surface area contributed by atoms with Crippen molar-refractivity contribution in [3.63, 3.8) is 0 Å². The number of nitrogens with two attached hydrogens (primary N) is 1. The van der Waals surface area contributed by atoms with Gasteiger partial charge in [-0.05, 0) is 39.2 Å². The summed E-state index contributed by atoms with van der Waals surface area (Å²) in [6.07, 6.45) is 0. The Kier molecular flexibility index (Phi) is 3.09. The van der Waals surface area contributed by atoms with E-state index in [-0.39, 0.29) is 17.9 Å². The fraction of sp³-hybridized carbons (Fsp3) is 0.385. The van der Waals surface area contributed by atoms with E-state index in [1.165, 1.54) is 4.90 Å². The minimum atomic E-state index is -0.254. The van der Waals surface area contributed by atoms with Crippen molar-refractivity contribution in [2.24, 2.45) is 0 Å². The maximum atomic E-state index is 12.1. The topological polar surface area (TPSA) is 66.6 Å². The van der Waals surface area contributed by atoms with Crippen molar-refractivity contribution in [1.82, 2.24) is 9.80 Å². The number of hydrogen-bond acceptors (Lipinski definition) is 4. The van der Waals surface area contributed by atoms with E-state index in [9.17, 15) is 9.59 Å². The smallest absolute Gasteiger partial charge is 0.261 e. The summed E-state index contributed by atoms with van der Waals surface area (Å²) >= 11 is 0. The summed E-state index contributed by atoms with van der Waals surface area (Å²) in [6.45, 7) is 2.36. The van der Waals surface area contributed by atoms with Crippen molar-refractivity contribution in [3.8, 4) is 0 Å². The number of imide groups is 1. The Bertz CT molecular complexity index is 511. The third kappa shape index (κ3) is 1.97.